The third kappa shape index (κ3) is 3.22. The lowest BCUT2D eigenvalue weighted by atomic mass is 10.0. The predicted octanol–water partition coefficient (Wildman–Crippen LogP) is 1.13. The largest absolute Gasteiger partial charge is 0.393 e. The first-order chi connectivity index (χ1) is 7.04. The van der Waals surface area contributed by atoms with Gasteiger partial charge >= 0.3 is 0 Å². The van der Waals surface area contributed by atoms with E-state index in [4.69, 9.17) is 5.73 Å². The normalized spacial score (nSPS) is 12.6. The molecule has 0 aliphatic rings. The molecule has 0 radical (unpaired) electrons. The Bertz CT molecular complexity index is 321. The quantitative estimate of drug-likeness (QED) is 0.780. The molecule has 15 heavy (non-hydrogen) atoms. The highest BCUT2D eigenvalue weighted by molar-refractivity contribution is 5.50. The third-order valence-electron chi connectivity index (χ3n) is 2.44. The molecule has 3 N–H and O–H groups in total. The Kier molecular flexibility index (Phi) is 4.12. The average Bonchev–Trinajstić information content (AvgIpc) is 2.16. The summed E-state index contributed by atoms with van der Waals surface area (Å²) in [4.78, 5) is 2.05. The third-order valence-corrected chi connectivity index (χ3v) is 2.44. The molecular formula is C12H20N2O. The van der Waals surface area contributed by atoms with Gasteiger partial charge in [0.2, 0.25) is 0 Å². The molecule has 1 rings (SSSR count). The van der Waals surface area contributed by atoms with E-state index in [1.807, 2.05) is 31.1 Å². The maximum atomic E-state index is 9.40. The van der Waals surface area contributed by atoms with Crippen molar-refractivity contribution in [1.82, 2.24) is 0 Å². The number of nitrogens with two attached hydrogens (primary N) is 1. The minimum absolute atomic E-state index is 0.326. The molecule has 3 nitrogen and oxygen atoms in total. The smallest absolute Gasteiger partial charge is 0.0552 e. The zero-order valence-corrected chi connectivity index (χ0v) is 9.70. The summed E-state index contributed by atoms with van der Waals surface area (Å²) in [5.74, 6) is 0. The molecule has 0 fully saturated rings. The van der Waals surface area contributed by atoms with Gasteiger partial charge in [-0.05, 0) is 36.6 Å². The van der Waals surface area contributed by atoms with Crippen LogP contribution in [0.1, 0.15) is 18.1 Å². The highest BCUT2D eigenvalue weighted by Crippen LogP contribution is 2.19. The molecule has 3 heteroatoms. The zero-order chi connectivity index (χ0) is 11.4. The van der Waals surface area contributed by atoms with Crippen LogP contribution in [0.15, 0.2) is 18.2 Å². The van der Waals surface area contributed by atoms with Gasteiger partial charge in [0.15, 0.2) is 0 Å². The van der Waals surface area contributed by atoms with Crippen LogP contribution in [0.5, 0.6) is 0 Å². The predicted molar refractivity (Wildman–Crippen MR) is 64.0 cm³/mol. The number of anilines is 1. The highest BCUT2D eigenvalue weighted by Gasteiger charge is 2.06. The molecule has 0 aliphatic carbocycles. The molecule has 0 saturated carbocycles. The van der Waals surface area contributed by atoms with Crippen LogP contribution in [0.25, 0.3) is 0 Å². The van der Waals surface area contributed by atoms with E-state index >= 15 is 0 Å². The molecule has 0 bridgehead atoms. The van der Waals surface area contributed by atoms with E-state index < -0.39 is 0 Å². The Morgan fingerprint density at radius 1 is 1.33 bits per heavy atom. The molecular weight excluding hydrogens is 188 g/mol. The van der Waals surface area contributed by atoms with E-state index in [1.165, 1.54) is 0 Å². The van der Waals surface area contributed by atoms with Crippen LogP contribution in [0.2, 0.25) is 0 Å². The molecule has 0 saturated heterocycles. The van der Waals surface area contributed by atoms with Gasteiger partial charge in [0.05, 0.1) is 6.10 Å². The van der Waals surface area contributed by atoms with Gasteiger partial charge in [0.25, 0.3) is 0 Å². The second-order valence-electron chi connectivity index (χ2n) is 4.10. The Morgan fingerprint density at radius 2 is 2.00 bits per heavy atom. The van der Waals surface area contributed by atoms with E-state index in [-0.39, 0.29) is 6.10 Å². The first kappa shape index (κ1) is 12.0. The lowest BCUT2D eigenvalue weighted by molar-refractivity contribution is 0.195. The second-order valence-corrected chi connectivity index (χ2v) is 4.10. The molecule has 0 spiro atoms. The topological polar surface area (TPSA) is 49.5 Å². The van der Waals surface area contributed by atoms with Crippen LogP contribution in [-0.4, -0.2) is 25.3 Å². The van der Waals surface area contributed by atoms with E-state index in [9.17, 15) is 5.11 Å². The maximum Gasteiger partial charge on any atom is 0.0552 e. The number of aliphatic hydroxyl groups excluding tert-OH is 1. The Balaban J connectivity index is 3.02. The monoisotopic (exact) mass is 208 g/mol. The summed E-state index contributed by atoms with van der Waals surface area (Å²) in [6, 6.07) is 6.18. The Labute approximate surface area is 91.5 Å². The van der Waals surface area contributed by atoms with Crippen molar-refractivity contribution < 1.29 is 5.11 Å². The van der Waals surface area contributed by atoms with Crippen molar-refractivity contribution in [3.8, 4) is 0 Å². The van der Waals surface area contributed by atoms with Gasteiger partial charge < -0.3 is 15.7 Å². The number of aliphatic hydroxyl groups is 1. The summed E-state index contributed by atoms with van der Waals surface area (Å²) in [5, 5.41) is 9.40. The van der Waals surface area contributed by atoms with Gasteiger partial charge in [-0.15, -0.1) is 0 Å². The van der Waals surface area contributed by atoms with E-state index in [0.717, 1.165) is 16.8 Å². The summed E-state index contributed by atoms with van der Waals surface area (Å²) < 4.78 is 0. The Morgan fingerprint density at radius 3 is 2.47 bits per heavy atom. The van der Waals surface area contributed by atoms with Gasteiger partial charge in [0, 0.05) is 26.3 Å². The van der Waals surface area contributed by atoms with E-state index in [0.29, 0.717) is 13.0 Å². The minimum Gasteiger partial charge on any atom is -0.393 e. The fourth-order valence-electron chi connectivity index (χ4n) is 1.60. The molecule has 1 aromatic carbocycles. The zero-order valence-electron chi connectivity index (χ0n) is 9.70. The summed E-state index contributed by atoms with van der Waals surface area (Å²) in [5.41, 5.74) is 9.05. The van der Waals surface area contributed by atoms with Crippen molar-refractivity contribution in [2.24, 2.45) is 5.73 Å². The second kappa shape index (κ2) is 5.14. The van der Waals surface area contributed by atoms with Crippen LogP contribution in [-0.2, 0) is 13.0 Å². The molecule has 1 atom stereocenters. The first-order valence-corrected chi connectivity index (χ1v) is 5.22. The van der Waals surface area contributed by atoms with Crippen molar-refractivity contribution in [1.29, 1.82) is 0 Å². The van der Waals surface area contributed by atoms with Crippen molar-refractivity contribution in [3.63, 3.8) is 0 Å². The Hall–Kier alpha value is -1.06. The highest BCUT2D eigenvalue weighted by atomic mass is 16.3. The lowest BCUT2D eigenvalue weighted by Gasteiger charge is -2.17. The average molecular weight is 208 g/mol. The van der Waals surface area contributed by atoms with E-state index in [1.54, 1.807) is 6.92 Å². The van der Waals surface area contributed by atoms with Crippen molar-refractivity contribution in [2.45, 2.75) is 26.0 Å². The van der Waals surface area contributed by atoms with Gasteiger partial charge in [-0.3, -0.25) is 0 Å². The van der Waals surface area contributed by atoms with Gasteiger partial charge in [-0.1, -0.05) is 6.07 Å². The first-order valence-electron chi connectivity index (χ1n) is 5.22. The number of hydrogen-bond donors (Lipinski definition) is 2. The molecule has 0 aromatic heterocycles. The SMILES string of the molecule is C[C@@H](O)Cc1cc(N(C)C)ccc1CN. The fourth-order valence-corrected chi connectivity index (χ4v) is 1.60. The van der Waals surface area contributed by atoms with Crippen molar-refractivity contribution >= 4 is 5.69 Å². The van der Waals surface area contributed by atoms with Crippen molar-refractivity contribution in [2.75, 3.05) is 19.0 Å². The van der Waals surface area contributed by atoms with E-state index in [2.05, 4.69) is 6.07 Å². The van der Waals surface area contributed by atoms with Crippen LogP contribution in [0.4, 0.5) is 5.69 Å². The fraction of sp³-hybridized carbons (Fsp3) is 0.500. The number of rotatable bonds is 4. The number of benzene rings is 1. The summed E-state index contributed by atoms with van der Waals surface area (Å²) in [7, 11) is 4.01. The summed E-state index contributed by atoms with van der Waals surface area (Å²) in [6.07, 6.45) is 0.335. The molecule has 84 valence electrons. The lowest BCUT2D eigenvalue weighted by Crippen LogP contribution is -2.13. The van der Waals surface area contributed by atoms with Crippen LogP contribution < -0.4 is 10.6 Å². The number of hydrogen-bond acceptors (Lipinski definition) is 3. The molecule has 1 aromatic rings. The van der Waals surface area contributed by atoms with Crippen LogP contribution in [0.3, 0.4) is 0 Å². The van der Waals surface area contributed by atoms with Crippen LogP contribution in [0, 0.1) is 0 Å². The molecule has 0 heterocycles. The van der Waals surface area contributed by atoms with Crippen LogP contribution >= 0.6 is 0 Å². The summed E-state index contributed by atoms with van der Waals surface area (Å²) >= 11 is 0. The minimum atomic E-state index is -0.326. The van der Waals surface area contributed by atoms with Gasteiger partial charge in [0.1, 0.15) is 0 Å². The summed E-state index contributed by atoms with van der Waals surface area (Å²) in [6.45, 7) is 2.32. The van der Waals surface area contributed by atoms with Gasteiger partial charge in [-0.2, -0.15) is 0 Å². The van der Waals surface area contributed by atoms with Gasteiger partial charge in [-0.25, -0.2) is 0 Å². The number of nitrogens with zero attached hydrogens (tertiary/aromatic N) is 1. The standard InChI is InChI=1S/C12H20N2O/c1-9(15)6-11-7-12(14(2)3)5-4-10(11)8-13/h4-5,7,9,15H,6,8,13H2,1-3H3/t9-/m1/s1. The molecule has 0 aliphatic heterocycles. The molecule has 0 unspecified atom stereocenters. The van der Waals surface area contributed by atoms with Crippen molar-refractivity contribution in [3.05, 3.63) is 29.3 Å². The maximum absolute atomic E-state index is 9.40. The molecule has 0 amide bonds.